The number of hydrogen-bond donors (Lipinski definition) is 1. The normalized spacial score (nSPS) is 10.3. The first kappa shape index (κ1) is 16.0. The van der Waals surface area contributed by atoms with Crippen molar-refractivity contribution in [3.8, 4) is 0 Å². The number of carbonyl (C=O) groups excluding carboxylic acids is 1. The van der Waals surface area contributed by atoms with Gasteiger partial charge in [-0.3, -0.25) is 9.78 Å². The van der Waals surface area contributed by atoms with Crippen molar-refractivity contribution in [3.05, 3.63) is 59.4 Å². The fourth-order valence-corrected chi connectivity index (χ4v) is 2.30. The van der Waals surface area contributed by atoms with Crippen molar-refractivity contribution >= 4 is 11.6 Å². The van der Waals surface area contributed by atoms with Crippen LogP contribution in [0.3, 0.4) is 0 Å². The lowest BCUT2D eigenvalue weighted by Crippen LogP contribution is -2.25. The Morgan fingerprint density at radius 1 is 1.14 bits per heavy atom. The zero-order valence-corrected chi connectivity index (χ0v) is 13.5. The van der Waals surface area contributed by atoms with Gasteiger partial charge in [0.1, 0.15) is 0 Å². The van der Waals surface area contributed by atoms with Gasteiger partial charge in [-0.25, -0.2) is 0 Å². The summed E-state index contributed by atoms with van der Waals surface area (Å²) >= 11 is 0. The van der Waals surface area contributed by atoms with Crippen LogP contribution in [-0.2, 0) is 6.54 Å². The SMILES string of the molecule is CCN(CC)c1cncc(C(=O)NCc2ccc(C)cc2)c1. The molecule has 0 spiro atoms. The van der Waals surface area contributed by atoms with Gasteiger partial charge in [-0.1, -0.05) is 29.8 Å². The van der Waals surface area contributed by atoms with E-state index in [1.54, 1.807) is 12.4 Å². The molecule has 4 nitrogen and oxygen atoms in total. The van der Waals surface area contributed by atoms with Crippen molar-refractivity contribution < 1.29 is 4.79 Å². The molecule has 1 N–H and O–H groups in total. The second-order valence-electron chi connectivity index (χ2n) is 5.27. The summed E-state index contributed by atoms with van der Waals surface area (Å²) in [5.41, 5.74) is 3.88. The molecule has 0 fully saturated rings. The van der Waals surface area contributed by atoms with E-state index in [0.717, 1.165) is 24.3 Å². The highest BCUT2D eigenvalue weighted by Crippen LogP contribution is 2.14. The summed E-state index contributed by atoms with van der Waals surface area (Å²) in [6.07, 6.45) is 3.40. The van der Waals surface area contributed by atoms with Crippen molar-refractivity contribution in [2.75, 3.05) is 18.0 Å². The minimum absolute atomic E-state index is 0.0953. The molecule has 1 heterocycles. The Morgan fingerprint density at radius 3 is 2.45 bits per heavy atom. The molecule has 0 aliphatic rings. The van der Waals surface area contributed by atoms with Crippen LogP contribution in [-0.4, -0.2) is 24.0 Å². The van der Waals surface area contributed by atoms with Gasteiger partial charge in [0.05, 0.1) is 17.4 Å². The average Bonchev–Trinajstić information content (AvgIpc) is 2.55. The van der Waals surface area contributed by atoms with E-state index in [4.69, 9.17) is 0 Å². The van der Waals surface area contributed by atoms with Gasteiger partial charge in [-0.05, 0) is 32.4 Å². The minimum atomic E-state index is -0.0953. The van der Waals surface area contributed by atoms with Gasteiger partial charge in [0.2, 0.25) is 0 Å². The first-order valence-corrected chi connectivity index (χ1v) is 7.67. The van der Waals surface area contributed by atoms with E-state index in [1.165, 1.54) is 5.56 Å². The Bertz CT molecular complexity index is 618. The lowest BCUT2D eigenvalue weighted by Gasteiger charge is -2.20. The first-order valence-electron chi connectivity index (χ1n) is 7.67. The Labute approximate surface area is 132 Å². The average molecular weight is 297 g/mol. The highest BCUT2D eigenvalue weighted by molar-refractivity contribution is 5.94. The van der Waals surface area contributed by atoms with Crippen LogP contribution in [0.4, 0.5) is 5.69 Å². The fourth-order valence-electron chi connectivity index (χ4n) is 2.30. The summed E-state index contributed by atoms with van der Waals surface area (Å²) in [6.45, 7) is 8.54. The molecule has 0 saturated carbocycles. The number of aromatic nitrogens is 1. The van der Waals surface area contributed by atoms with Crippen LogP contribution >= 0.6 is 0 Å². The number of nitrogens with one attached hydrogen (secondary N) is 1. The van der Waals surface area contributed by atoms with E-state index in [2.05, 4.69) is 29.0 Å². The van der Waals surface area contributed by atoms with E-state index < -0.39 is 0 Å². The van der Waals surface area contributed by atoms with Gasteiger partial charge >= 0.3 is 0 Å². The number of pyridine rings is 1. The molecular formula is C18H23N3O. The Kier molecular flexibility index (Phi) is 5.53. The van der Waals surface area contributed by atoms with Gasteiger partial charge in [0.15, 0.2) is 0 Å². The summed E-state index contributed by atoms with van der Waals surface area (Å²) in [5.74, 6) is -0.0953. The highest BCUT2D eigenvalue weighted by Gasteiger charge is 2.09. The molecule has 0 aliphatic heterocycles. The van der Waals surface area contributed by atoms with E-state index in [9.17, 15) is 4.79 Å². The maximum Gasteiger partial charge on any atom is 0.253 e. The van der Waals surface area contributed by atoms with Gasteiger partial charge in [-0.2, -0.15) is 0 Å². The summed E-state index contributed by atoms with van der Waals surface area (Å²) in [4.78, 5) is 18.6. The molecule has 1 amide bonds. The lowest BCUT2D eigenvalue weighted by molar-refractivity contribution is 0.0950. The van der Waals surface area contributed by atoms with Gasteiger partial charge in [0, 0.05) is 25.8 Å². The van der Waals surface area contributed by atoms with E-state index >= 15 is 0 Å². The predicted molar refractivity (Wildman–Crippen MR) is 90.1 cm³/mol. The third-order valence-electron chi connectivity index (χ3n) is 3.69. The van der Waals surface area contributed by atoms with Crippen LogP contribution in [0.25, 0.3) is 0 Å². The fraction of sp³-hybridized carbons (Fsp3) is 0.333. The van der Waals surface area contributed by atoms with Gasteiger partial charge in [-0.15, -0.1) is 0 Å². The summed E-state index contributed by atoms with van der Waals surface area (Å²) < 4.78 is 0. The zero-order chi connectivity index (χ0) is 15.9. The quantitative estimate of drug-likeness (QED) is 0.891. The van der Waals surface area contributed by atoms with Crippen LogP contribution in [0.1, 0.15) is 35.3 Å². The molecule has 1 aromatic heterocycles. The number of aryl methyl sites for hydroxylation is 1. The van der Waals surface area contributed by atoms with Crippen LogP contribution < -0.4 is 10.2 Å². The molecule has 4 heteroatoms. The molecule has 2 aromatic rings. The number of carbonyl (C=O) groups is 1. The smallest absolute Gasteiger partial charge is 0.253 e. The zero-order valence-electron chi connectivity index (χ0n) is 13.5. The largest absolute Gasteiger partial charge is 0.371 e. The van der Waals surface area contributed by atoms with Gasteiger partial charge in [0.25, 0.3) is 5.91 Å². The molecule has 1 aromatic carbocycles. The van der Waals surface area contributed by atoms with E-state index in [-0.39, 0.29) is 5.91 Å². The van der Waals surface area contributed by atoms with Crippen molar-refractivity contribution in [3.63, 3.8) is 0 Å². The first-order chi connectivity index (χ1) is 10.6. The van der Waals surface area contributed by atoms with Crippen molar-refractivity contribution in [1.82, 2.24) is 10.3 Å². The molecule has 0 bridgehead atoms. The molecule has 0 radical (unpaired) electrons. The minimum Gasteiger partial charge on any atom is -0.371 e. The molecule has 0 aliphatic carbocycles. The summed E-state index contributed by atoms with van der Waals surface area (Å²) in [5, 5.41) is 2.94. The van der Waals surface area contributed by atoms with Crippen molar-refractivity contribution in [1.29, 1.82) is 0 Å². The highest BCUT2D eigenvalue weighted by atomic mass is 16.1. The van der Waals surface area contributed by atoms with Crippen LogP contribution in [0, 0.1) is 6.92 Å². The standard InChI is InChI=1S/C18H23N3O/c1-4-21(5-2)17-10-16(12-19-13-17)18(22)20-11-15-8-6-14(3)7-9-15/h6-10,12-13H,4-5,11H2,1-3H3,(H,20,22). The number of hydrogen-bond acceptors (Lipinski definition) is 3. The molecule has 0 unspecified atom stereocenters. The lowest BCUT2D eigenvalue weighted by atomic mass is 10.1. The maximum atomic E-state index is 12.3. The van der Waals surface area contributed by atoms with Gasteiger partial charge < -0.3 is 10.2 Å². The molecule has 2 rings (SSSR count). The maximum absolute atomic E-state index is 12.3. The topological polar surface area (TPSA) is 45.2 Å². The molecule has 0 saturated heterocycles. The molecule has 0 atom stereocenters. The monoisotopic (exact) mass is 297 g/mol. The number of rotatable bonds is 6. The van der Waals surface area contributed by atoms with Crippen molar-refractivity contribution in [2.24, 2.45) is 0 Å². The van der Waals surface area contributed by atoms with E-state index in [0.29, 0.717) is 12.1 Å². The Hall–Kier alpha value is -2.36. The predicted octanol–water partition coefficient (Wildman–Crippen LogP) is 3.17. The third kappa shape index (κ3) is 4.07. The second-order valence-corrected chi connectivity index (χ2v) is 5.27. The number of nitrogens with zero attached hydrogens (tertiary/aromatic N) is 2. The second kappa shape index (κ2) is 7.59. The Morgan fingerprint density at radius 2 is 1.82 bits per heavy atom. The van der Waals surface area contributed by atoms with Crippen LogP contribution in [0.2, 0.25) is 0 Å². The van der Waals surface area contributed by atoms with E-state index in [1.807, 2.05) is 37.3 Å². The molecule has 22 heavy (non-hydrogen) atoms. The molecular weight excluding hydrogens is 274 g/mol. The third-order valence-corrected chi connectivity index (χ3v) is 3.69. The summed E-state index contributed by atoms with van der Waals surface area (Å²) in [6, 6.07) is 10.0. The summed E-state index contributed by atoms with van der Waals surface area (Å²) in [7, 11) is 0. The van der Waals surface area contributed by atoms with Crippen molar-refractivity contribution in [2.45, 2.75) is 27.3 Å². The number of amides is 1. The number of benzene rings is 1. The number of anilines is 1. The van der Waals surface area contributed by atoms with Crippen LogP contribution in [0.15, 0.2) is 42.7 Å². The molecule has 116 valence electrons. The van der Waals surface area contributed by atoms with Crippen LogP contribution in [0.5, 0.6) is 0 Å². The Balaban J connectivity index is 2.03.